The number of hydrogen-bond acceptors (Lipinski definition) is 3. The lowest BCUT2D eigenvalue weighted by molar-refractivity contribution is -0.182. The Bertz CT molecular complexity index is 247. The van der Waals surface area contributed by atoms with Crippen LogP contribution in [0.3, 0.4) is 0 Å². The summed E-state index contributed by atoms with van der Waals surface area (Å²) in [5, 5.41) is 0. The monoisotopic (exact) mass is 230 g/mol. The molecule has 2 N–H and O–H groups in total. The molecule has 0 aromatic heterocycles. The summed E-state index contributed by atoms with van der Waals surface area (Å²) < 4.78 is 6.00. The van der Waals surface area contributed by atoms with E-state index in [2.05, 4.69) is 39.5 Å². The zero-order chi connectivity index (χ0) is 11.9. The first kappa shape index (κ1) is 12.9. The molecule has 0 aliphatic carbocycles. The van der Waals surface area contributed by atoms with Gasteiger partial charge in [0.2, 0.25) is 0 Å². The van der Waals surface area contributed by atoms with Crippen LogP contribution in [0, 0.1) is 0 Å². The topological polar surface area (TPSA) is 38.5 Å². The lowest BCUT2D eigenvalue weighted by Gasteiger charge is -2.48. The van der Waals surface area contributed by atoms with Crippen LogP contribution in [0.2, 0.25) is 0 Å². The van der Waals surface area contributed by atoms with Gasteiger partial charge in [0.05, 0.1) is 22.2 Å². The predicted molar refractivity (Wildman–Crippen MR) is 67.1 cm³/mol. The van der Waals surface area contributed by atoms with Crippen molar-refractivity contribution in [1.82, 2.24) is 4.90 Å². The van der Waals surface area contributed by atoms with E-state index in [9.17, 15) is 0 Å². The second kappa shape index (κ2) is 4.00. The first-order chi connectivity index (χ1) is 6.63. The Morgan fingerprint density at radius 2 is 1.67 bits per heavy atom. The van der Waals surface area contributed by atoms with E-state index in [1.54, 1.807) is 0 Å². The van der Waals surface area contributed by atoms with E-state index in [1.165, 1.54) is 0 Å². The zero-order valence-electron chi connectivity index (χ0n) is 10.3. The molecule has 0 bridgehead atoms. The van der Waals surface area contributed by atoms with E-state index in [1.807, 2.05) is 0 Å². The summed E-state index contributed by atoms with van der Waals surface area (Å²) in [6.45, 7) is 12.2. The van der Waals surface area contributed by atoms with Gasteiger partial charge in [-0.15, -0.1) is 0 Å². The Hall–Kier alpha value is -0.190. The van der Waals surface area contributed by atoms with Gasteiger partial charge in [-0.1, -0.05) is 12.2 Å². The molecule has 1 saturated heterocycles. The summed E-state index contributed by atoms with van der Waals surface area (Å²) >= 11 is 5.04. The minimum Gasteiger partial charge on any atom is -0.392 e. The highest BCUT2D eigenvalue weighted by molar-refractivity contribution is 7.80. The van der Waals surface area contributed by atoms with E-state index in [0.29, 0.717) is 4.99 Å². The van der Waals surface area contributed by atoms with E-state index >= 15 is 0 Å². The third-order valence-electron chi connectivity index (χ3n) is 2.68. The quantitative estimate of drug-likeness (QED) is 0.731. The predicted octanol–water partition coefficient (Wildman–Crippen LogP) is 1.55. The molecule has 1 aliphatic rings. The number of thiocarbonyl (C=S) groups is 1. The van der Waals surface area contributed by atoms with Gasteiger partial charge in [-0.3, -0.25) is 4.90 Å². The Kier molecular flexibility index (Phi) is 3.43. The Balaban J connectivity index is 2.79. The number of rotatable bonds is 2. The van der Waals surface area contributed by atoms with Crippen molar-refractivity contribution in [2.24, 2.45) is 5.73 Å². The molecule has 88 valence electrons. The van der Waals surface area contributed by atoms with Gasteiger partial charge in [-0.05, 0) is 34.6 Å². The number of morpholine rings is 1. The average molecular weight is 230 g/mol. The maximum absolute atomic E-state index is 6.00. The van der Waals surface area contributed by atoms with Crippen molar-refractivity contribution in [1.29, 1.82) is 0 Å². The van der Waals surface area contributed by atoms with Gasteiger partial charge < -0.3 is 10.5 Å². The molecule has 4 heteroatoms. The van der Waals surface area contributed by atoms with Crippen molar-refractivity contribution in [2.45, 2.75) is 51.9 Å². The number of hydrogen-bond donors (Lipinski definition) is 1. The van der Waals surface area contributed by atoms with Crippen LogP contribution >= 0.6 is 12.2 Å². The fourth-order valence-corrected chi connectivity index (χ4v) is 2.45. The highest BCUT2D eigenvalue weighted by Crippen LogP contribution is 2.29. The molecule has 0 radical (unpaired) electrons. The van der Waals surface area contributed by atoms with Gasteiger partial charge in [0, 0.05) is 13.1 Å². The minimum atomic E-state index is -0.138. The van der Waals surface area contributed by atoms with Gasteiger partial charge in [0.25, 0.3) is 0 Å². The number of nitrogens with two attached hydrogens (primary N) is 1. The molecule has 0 aromatic carbocycles. The van der Waals surface area contributed by atoms with Crippen LogP contribution in [-0.4, -0.2) is 40.2 Å². The Morgan fingerprint density at radius 3 is 2.00 bits per heavy atom. The van der Waals surface area contributed by atoms with Gasteiger partial charge >= 0.3 is 0 Å². The van der Waals surface area contributed by atoms with Gasteiger partial charge in [0.1, 0.15) is 0 Å². The molecule has 1 heterocycles. The van der Waals surface area contributed by atoms with E-state index in [4.69, 9.17) is 22.7 Å². The third-order valence-corrected chi connectivity index (χ3v) is 3.02. The Labute approximate surface area is 98.0 Å². The SMILES string of the molecule is CC(C(N)=S)N1CC(C)(C)OC(C)(C)C1. The molecule has 0 saturated carbocycles. The highest BCUT2D eigenvalue weighted by Gasteiger charge is 2.39. The number of ether oxygens (including phenoxy) is 1. The molecule has 15 heavy (non-hydrogen) atoms. The lowest BCUT2D eigenvalue weighted by atomic mass is 9.97. The van der Waals surface area contributed by atoms with Crippen LogP contribution in [0.15, 0.2) is 0 Å². The fraction of sp³-hybridized carbons (Fsp3) is 0.909. The molecule has 1 rings (SSSR count). The molecule has 0 amide bonds. The molecular formula is C11H22N2OS. The van der Waals surface area contributed by atoms with Crippen LogP contribution in [0.4, 0.5) is 0 Å². The highest BCUT2D eigenvalue weighted by atomic mass is 32.1. The second-order valence-corrected chi connectivity index (χ2v) is 6.08. The third kappa shape index (κ3) is 3.40. The summed E-state index contributed by atoms with van der Waals surface area (Å²) in [6.07, 6.45) is 0. The van der Waals surface area contributed by atoms with Gasteiger partial charge in [-0.25, -0.2) is 0 Å². The smallest absolute Gasteiger partial charge is 0.0899 e. The average Bonchev–Trinajstić information content (AvgIpc) is 1.96. The standard InChI is InChI=1S/C11H22N2OS/c1-8(9(12)15)13-6-10(2,3)14-11(4,5)7-13/h8H,6-7H2,1-5H3,(H2,12,15). The van der Waals surface area contributed by atoms with Crippen LogP contribution in [-0.2, 0) is 4.74 Å². The first-order valence-corrected chi connectivity index (χ1v) is 5.77. The molecule has 3 nitrogen and oxygen atoms in total. The van der Waals surface area contributed by atoms with Crippen molar-refractivity contribution in [2.75, 3.05) is 13.1 Å². The summed E-state index contributed by atoms with van der Waals surface area (Å²) in [4.78, 5) is 2.86. The van der Waals surface area contributed by atoms with Crippen molar-refractivity contribution >= 4 is 17.2 Å². The normalized spacial score (nSPS) is 27.3. The van der Waals surface area contributed by atoms with E-state index in [0.717, 1.165) is 13.1 Å². The van der Waals surface area contributed by atoms with Crippen LogP contribution in [0.1, 0.15) is 34.6 Å². The molecule has 1 unspecified atom stereocenters. The molecule has 0 aromatic rings. The molecule has 1 aliphatic heterocycles. The van der Waals surface area contributed by atoms with Crippen molar-refractivity contribution < 1.29 is 4.74 Å². The second-order valence-electron chi connectivity index (χ2n) is 5.60. The van der Waals surface area contributed by atoms with E-state index in [-0.39, 0.29) is 17.2 Å². The maximum Gasteiger partial charge on any atom is 0.0899 e. The van der Waals surface area contributed by atoms with Crippen LogP contribution < -0.4 is 5.73 Å². The molecule has 1 fully saturated rings. The van der Waals surface area contributed by atoms with Crippen molar-refractivity contribution in [3.8, 4) is 0 Å². The van der Waals surface area contributed by atoms with Gasteiger partial charge in [-0.2, -0.15) is 0 Å². The molecule has 0 spiro atoms. The fourth-order valence-electron chi connectivity index (χ4n) is 2.30. The summed E-state index contributed by atoms with van der Waals surface area (Å²) in [5.41, 5.74) is 5.42. The first-order valence-electron chi connectivity index (χ1n) is 5.36. The Morgan fingerprint density at radius 1 is 1.27 bits per heavy atom. The molecule has 1 atom stereocenters. The largest absolute Gasteiger partial charge is 0.392 e. The molecular weight excluding hydrogens is 208 g/mol. The van der Waals surface area contributed by atoms with Crippen molar-refractivity contribution in [3.63, 3.8) is 0 Å². The van der Waals surface area contributed by atoms with Crippen LogP contribution in [0.5, 0.6) is 0 Å². The summed E-state index contributed by atoms with van der Waals surface area (Å²) in [5.74, 6) is 0. The van der Waals surface area contributed by atoms with Crippen molar-refractivity contribution in [3.05, 3.63) is 0 Å². The maximum atomic E-state index is 6.00. The summed E-state index contributed by atoms with van der Waals surface area (Å²) in [6, 6.07) is 0.141. The van der Waals surface area contributed by atoms with Crippen LogP contribution in [0.25, 0.3) is 0 Å². The zero-order valence-corrected chi connectivity index (χ0v) is 11.1. The van der Waals surface area contributed by atoms with Gasteiger partial charge in [0.15, 0.2) is 0 Å². The number of nitrogens with zero attached hydrogens (tertiary/aromatic N) is 1. The summed E-state index contributed by atoms with van der Waals surface area (Å²) in [7, 11) is 0. The van der Waals surface area contributed by atoms with E-state index < -0.39 is 0 Å². The lowest BCUT2D eigenvalue weighted by Crippen LogP contribution is -2.60. The minimum absolute atomic E-state index is 0.138.